The maximum absolute atomic E-state index is 13.1. The summed E-state index contributed by atoms with van der Waals surface area (Å²) in [6.07, 6.45) is 61.1. The van der Waals surface area contributed by atoms with Crippen molar-refractivity contribution in [3.63, 3.8) is 0 Å². The van der Waals surface area contributed by atoms with Crippen LogP contribution in [-0.4, -0.2) is 96.7 Å². The zero-order chi connectivity index (χ0) is 72.8. The van der Waals surface area contributed by atoms with Gasteiger partial charge in [-0.1, -0.05) is 369 Å². The summed E-state index contributed by atoms with van der Waals surface area (Å²) < 4.78 is 68.6. The van der Waals surface area contributed by atoms with Crippen LogP contribution in [0.5, 0.6) is 0 Å². The van der Waals surface area contributed by atoms with E-state index in [1.54, 1.807) is 0 Å². The standard InChI is InChI=1S/C80H156O17P2/c1-7-9-11-13-15-17-19-20-21-22-23-27-30-33-39-45-51-57-63-78(83)91-69-75(96-79(84)64-58-52-46-40-34-31-28-25-24-26-29-32-36-42-48-54-60-72(3)4)70-94-98(86,87)92-66-74(81)67-93-99(88,89)95-71-76(68-90-77(82)62-56-50-44-38-18-16-14-12-10-8-2)97-80(85)65-59-53-47-41-35-37-43-49-55-61-73(5)6/h72-76,81H,7-71H2,1-6H3,(H,86,87)(H,88,89)/t74-,75-,76-/m1/s1. The summed E-state index contributed by atoms with van der Waals surface area (Å²) in [7, 11) is -9.92. The number of esters is 4. The summed E-state index contributed by atoms with van der Waals surface area (Å²) in [5, 5.41) is 10.6. The Balaban J connectivity index is 5.22. The van der Waals surface area contributed by atoms with Crippen LogP contribution in [0.4, 0.5) is 0 Å². The molecule has 2 unspecified atom stereocenters. The Morgan fingerprint density at radius 3 is 0.687 bits per heavy atom. The van der Waals surface area contributed by atoms with Gasteiger partial charge in [-0.05, 0) is 37.5 Å². The van der Waals surface area contributed by atoms with Crippen LogP contribution in [0.3, 0.4) is 0 Å². The number of ether oxygens (including phenoxy) is 4. The summed E-state index contributed by atoms with van der Waals surface area (Å²) in [5.74, 6) is -0.565. The third-order valence-corrected chi connectivity index (χ3v) is 20.6. The Labute approximate surface area is 607 Å². The van der Waals surface area contributed by atoms with Crippen LogP contribution < -0.4 is 0 Å². The minimum absolute atomic E-state index is 0.106. The van der Waals surface area contributed by atoms with Gasteiger partial charge >= 0.3 is 39.5 Å². The van der Waals surface area contributed by atoms with Crippen molar-refractivity contribution in [1.82, 2.24) is 0 Å². The quantitative estimate of drug-likeness (QED) is 0.0222. The van der Waals surface area contributed by atoms with Gasteiger partial charge in [0.25, 0.3) is 0 Å². The number of aliphatic hydroxyl groups is 1. The lowest BCUT2D eigenvalue weighted by atomic mass is 10.0. The molecular weight excluding hydrogens is 1290 g/mol. The van der Waals surface area contributed by atoms with Crippen LogP contribution >= 0.6 is 15.6 Å². The number of rotatable bonds is 79. The topological polar surface area (TPSA) is 237 Å². The van der Waals surface area contributed by atoms with Crippen LogP contribution in [-0.2, 0) is 65.4 Å². The van der Waals surface area contributed by atoms with E-state index in [1.165, 1.54) is 238 Å². The molecule has 0 aromatic heterocycles. The maximum atomic E-state index is 13.1. The predicted molar refractivity (Wildman–Crippen MR) is 405 cm³/mol. The molecule has 99 heavy (non-hydrogen) atoms. The summed E-state index contributed by atoms with van der Waals surface area (Å²) in [6.45, 7) is 9.62. The molecule has 19 heteroatoms. The van der Waals surface area contributed by atoms with Gasteiger partial charge in [0.15, 0.2) is 12.2 Å². The Hall–Kier alpha value is -1.94. The average molecular weight is 1450 g/mol. The fraction of sp³-hybridized carbons (Fsp3) is 0.950. The smallest absolute Gasteiger partial charge is 0.462 e. The Bertz CT molecular complexity index is 1910. The van der Waals surface area contributed by atoms with Crippen molar-refractivity contribution >= 4 is 39.5 Å². The molecule has 0 aliphatic rings. The lowest BCUT2D eigenvalue weighted by Crippen LogP contribution is -2.30. The molecule has 0 aromatic rings. The Morgan fingerprint density at radius 2 is 0.465 bits per heavy atom. The number of unbranched alkanes of at least 4 members (excludes halogenated alkanes) is 49. The monoisotopic (exact) mass is 1450 g/mol. The Kier molecular flexibility index (Phi) is 70.3. The minimum atomic E-state index is -4.96. The molecule has 0 fully saturated rings. The lowest BCUT2D eigenvalue weighted by molar-refractivity contribution is -0.161. The second kappa shape index (κ2) is 71.7. The van der Waals surface area contributed by atoms with E-state index in [4.69, 9.17) is 37.0 Å². The highest BCUT2D eigenvalue weighted by atomic mass is 31.2. The van der Waals surface area contributed by atoms with Crippen LogP contribution in [0.2, 0.25) is 0 Å². The van der Waals surface area contributed by atoms with Gasteiger partial charge in [0.2, 0.25) is 0 Å². The highest BCUT2D eigenvalue weighted by Gasteiger charge is 2.30. The fourth-order valence-corrected chi connectivity index (χ4v) is 13.9. The van der Waals surface area contributed by atoms with Crippen molar-refractivity contribution in [3.8, 4) is 0 Å². The SMILES string of the molecule is CCCCCCCCCCCCCCCCCCCCC(=O)OC[C@H](COP(=O)(O)OC[C@@H](O)COP(=O)(O)OC[C@@H](COC(=O)CCCCCCCCCCCC)OC(=O)CCCCCCCCCCCC(C)C)OC(=O)CCCCCCCCCCCCCCCCCCC(C)C. The van der Waals surface area contributed by atoms with Gasteiger partial charge in [-0.25, -0.2) is 9.13 Å². The molecule has 0 rings (SSSR count). The maximum Gasteiger partial charge on any atom is 0.472 e. The molecule has 0 aliphatic heterocycles. The number of carbonyl (C=O) groups excluding carboxylic acids is 4. The predicted octanol–water partition coefficient (Wildman–Crippen LogP) is 23.9. The number of aliphatic hydroxyl groups excluding tert-OH is 1. The first-order valence-corrected chi connectivity index (χ1v) is 44.5. The highest BCUT2D eigenvalue weighted by Crippen LogP contribution is 2.45. The normalized spacial score (nSPS) is 13.9. The number of hydrogen-bond acceptors (Lipinski definition) is 15. The van der Waals surface area contributed by atoms with Gasteiger partial charge in [-0.2, -0.15) is 0 Å². The Morgan fingerprint density at radius 1 is 0.273 bits per heavy atom. The summed E-state index contributed by atoms with van der Waals surface area (Å²) in [4.78, 5) is 72.9. The van der Waals surface area contributed by atoms with Crippen molar-refractivity contribution in [2.75, 3.05) is 39.6 Å². The average Bonchev–Trinajstić information content (AvgIpc) is 0.974. The van der Waals surface area contributed by atoms with Crippen LogP contribution in [0.25, 0.3) is 0 Å². The molecule has 0 saturated heterocycles. The van der Waals surface area contributed by atoms with Gasteiger partial charge in [-0.15, -0.1) is 0 Å². The second-order valence-corrected chi connectivity index (χ2v) is 32.7. The molecule has 0 spiro atoms. The van der Waals surface area contributed by atoms with Gasteiger partial charge < -0.3 is 33.8 Å². The third-order valence-electron chi connectivity index (χ3n) is 18.7. The van der Waals surface area contributed by atoms with Crippen LogP contribution in [0.15, 0.2) is 0 Å². The van der Waals surface area contributed by atoms with Gasteiger partial charge in [0.1, 0.15) is 19.3 Å². The molecule has 5 atom stereocenters. The first-order valence-electron chi connectivity index (χ1n) is 41.5. The van der Waals surface area contributed by atoms with E-state index in [9.17, 15) is 43.2 Å². The highest BCUT2D eigenvalue weighted by molar-refractivity contribution is 7.47. The second-order valence-electron chi connectivity index (χ2n) is 29.8. The summed E-state index contributed by atoms with van der Waals surface area (Å²) >= 11 is 0. The van der Waals surface area contributed by atoms with E-state index in [0.29, 0.717) is 25.7 Å². The lowest BCUT2D eigenvalue weighted by Gasteiger charge is -2.21. The summed E-state index contributed by atoms with van der Waals surface area (Å²) in [5.41, 5.74) is 0. The molecule has 17 nitrogen and oxygen atoms in total. The number of phosphoric ester groups is 2. The van der Waals surface area contributed by atoms with Gasteiger partial charge in [0.05, 0.1) is 26.4 Å². The third kappa shape index (κ3) is 74.1. The van der Waals surface area contributed by atoms with Crippen molar-refractivity contribution in [2.24, 2.45) is 11.8 Å². The number of hydrogen-bond donors (Lipinski definition) is 3. The molecular formula is C80H156O17P2. The molecule has 588 valence electrons. The van der Waals surface area contributed by atoms with E-state index >= 15 is 0 Å². The number of phosphoric acid groups is 2. The van der Waals surface area contributed by atoms with Gasteiger partial charge in [0, 0.05) is 25.7 Å². The van der Waals surface area contributed by atoms with E-state index < -0.39 is 97.5 Å². The molecule has 0 saturated carbocycles. The first-order chi connectivity index (χ1) is 47.9. The fourth-order valence-electron chi connectivity index (χ4n) is 12.4. The van der Waals surface area contributed by atoms with Crippen LogP contribution in [0, 0.1) is 11.8 Å². The van der Waals surface area contributed by atoms with Crippen molar-refractivity contribution < 1.29 is 80.2 Å². The van der Waals surface area contributed by atoms with Gasteiger partial charge in [-0.3, -0.25) is 37.3 Å². The van der Waals surface area contributed by atoms with Crippen molar-refractivity contribution in [2.45, 2.75) is 439 Å². The number of carbonyl (C=O) groups is 4. The first kappa shape index (κ1) is 97.1. The molecule has 0 heterocycles. The minimum Gasteiger partial charge on any atom is -0.462 e. The zero-order valence-corrected chi connectivity index (χ0v) is 66.6. The van der Waals surface area contributed by atoms with E-state index in [-0.39, 0.29) is 25.7 Å². The van der Waals surface area contributed by atoms with Crippen molar-refractivity contribution in [3.05, 3.63) is 0 Å². The molecule has 0 aliphatic carbocycles. The van der Waals surface area contributed by atoms with Crippen molar-refractivity contribution in [1.29, 1.82) is 0 Å². The van der Waals surface area contributed by atoms with E-state index in [1.807, 2.05) is 0 Å². The molecule has 0 radical (unpaired) electrons. The van der Waals surface area contributed by atoms with Crippen LogP contribution in [0.1, 0.15) is 420 Å². The molecule has 0 aromatic carbocycles. The zero-order valence-electron chi connectivity index (χ0n) is 64.8. The molecule has 0 bridgehead atoms. The molecule has 0 amide bonds. The largest absolute Gasteiger partial charge is 0.472 e. The van der Waals surface area contributed by atoms with E-state index in [0.717, 1.165) is 102 Å². The summed E-state index contributed by atoms with van der Waals surface area (Å²) in [6, 6.07) is 0. The molecule has 3 N–H and O–H groups in total. The van der Waals surface area contributed by atoms with E-state index in [2.05, 4.69) is 41.5 Å².